The number of carbonyl (C=O) groups is 1. The van der Waals surface area contributed by atoms with Crippen molar-refractivity contribution in [3.8, 4) is 0 Å². The Balaban J connectivity index is 3.10. The van der Waals surface area contributed by atoms with Crippen LogP contribution in [0.2, 0.25) is 0 Å². The number of hydrogen-bond acceptors (Lipinski definition) is 4. The first kappa shape index (κ1) is 11.8. The standard InChI is InChI=1S/C8H17NO2S/c1-2-3-5-11-8(10)7-12-6-4-9/h2-7,9H2,1H3. The molecule has 0 rings (SSSR count). The van der Waals surface area contributed by atoms with Crippen LogP contribution in [0.3, 0.4) is 0 Å². The number of unbranched alkanes of at least 4 members (excludes halogenated alkanes) is 1. The first-order valence-electron chi connectivity index (χ1n) is 4.24. The van der Waals surface area contributed by atoms with Gasteiger partial charge in [0, 0.05) is 12.3 Å². The number of carbonyl (C=O) groups excluding carboxylic acids is 1. The topological polar surface area (TPSA) is 52.3 Å². The predicted octanol–water partition coefficient (Wildman–Crippen LogP) is 1.02. The molecular formula is C8H17NO2S. The van der Waals surface area contributed by atoms with Gasteiger partial charge in [0.1, 0.15) is 0 Å². The Kier molecular flexibility index (Phi) is 8.71. The first-order chi connectivity index (χ1) is 5.81. The molecule has 0 radical (unpaired) electrons. The van der Waals surface area contributed by atoms with Crippen molar-refractivity contribution in [2.24, 2.45) is 5.73 Å². The summed E-state index contributed by atoms with van der Waals surface area (Å²) in [7, 11) is 0. The van der Waals surface area contributed by atoms with Gasteiger partial charge in [0.25, 0.3) is 0 Å². The van der Waals surface area contributed by atoms with Crippen molar-refractivity contribution < 1.29 is 9.53 Å². The lowest BCUT2D eigenvalue weighted by Crippen LogP contribution is -2.10. The number of rotatable bonds is 7. The zero-order valence-corrected chi connectivity index (χ0v) is 8.36. The summed E-state index contributed by atoms with van der Waals surface area (Å²) in [6.45, 7) is 3.24. The molecule has 12 heavy (non-hydrogen) atoms. The van der Waals surface area contributed by atoms with E-state index in [0.29, 0.717) is 18.9 Å². The minimum Gasteiger partial charge on any atom is -0.465 e. The fraction of sp³-hybridized carbons (Fsp3) is 0.875. The third-order valence-electron chi connectivity index (χ3n) is 1.24. The molecule has 0 aromatic heterocycles. The molecule has 0 saturated heterocycles. The van der Waals surface area contributed by atoms with E-state index in [0.717, 1.165) is 18.6 Å². The van der Waals surface area contributed by atoms with Gasteiger partial charge in [-0.25, -0.2) is 0 Å². The van der Waals surface area contributed by atoms with Crippen molar-refractivity contribution in [1.29, 1.82) is 0 Å². The average molecular weight is 191 g/mol. The maximum atomic E-state index is 10.9. The lowest BCUT2D eigenvalue weighted by Gasteiger charge is -2.02. The van der Waals surface area contributed by atoms with Crippen LogP contribution in [0.25, 0.3) is 0 Å². The minimum atomic E-state index is -0.123. The number of thioether (sulfide) groups is 1. The van der Waals surface area contributed by atoms with Gasteiger partial charge in [-0.1, -0.05) is 13.3 Å². The number of hydrogen-bond donors (Lipinski definition) is 1. The molecule has 0 aromatic rings. The molecule has 72 valence electrons. The molecule has 0 aliphatic rings. The van der Waals surface area contributed by atoms with E-state index >= 15 is 0 Å². The molecule has 0 fully saturated rings. The normalized spacial score (nSPS) is 9.83. The Labute approximate surface area is 78.0 Å². The van der Waals surface area contributed by atoms with Crippen LogP contribution in [0.5, 0.6) is 0 Å². The zero-order valence-electron chi connectivity index (χ0n) is 7.54. The summed E-state index contributed by atoms with van der Waals surface area (Å²) in [5.74, 6) is 1.13. The van der Waals surface area contributed by atoms with E-state index in [1.807, 2.05) is 0 Å². The summed E-state index contributed by atoms with van der Waals surface area (Å²) in [5, 5.41) is 0. The first-order valence-corrected chi connectivity index (χ1v) is 5.40. The zero-order chi connectivity index (χ0) is 9.23. The molecule has 0 atom stereocenters. The predicted molar refractivity (Wildman–Crippen MR) is 52.2 cm³/mol. The Morgan fingerprint density at radius 1 is 1.58 bits per heavy atom. The molecular weight excluding hydrogens is 174 g/mol. The lowest BCUT2D eigenvalue weighted by atomic mass is 10.4. The van der Waals surface area contributed by atoms with Crippen LogP contribution in [0.15, 0.2) is 0 Å². The van der Waals surface area contributed by atoms with Crippen molar-refractivity contribution in [2.75, 3.05) is 24.7 Å². The van der Waals surface area contributed by atoms with Gasteiger partial charge in [0.15, 0.2) is 0 Å². The second kappa shape index (κ2) is 8.87. The van der Waals surface area contributed by atoms with Gasteiger partial charge in [-0.2, -0.15) is 0 Å². The van der Waals surface area contributed by atoms with E-state index in [4.69, 9.17) is 10.5 Å². The number of nitrogens with two attached hydrogens (primary N) is 1. The van der Waals surface area contributed by atoms with E-state index in [1.165, 1.54) is 11.8 Å². The van der Waals surface area contributed by atoms with Gasteiger partial charge in [-0.3, -0.25) is 4.79 Å². The van der Waals surface area contributed by atoms with Gasteiger partial charge in [-0.05, 0) is 6.42 Å². The van der Waals surface area contributed by atoms with E-state index < -0.39 is 0 Å². The Hall–Kier alpha value is -0.220. The van der Waals surface area contributed by atoms with Gasteiger partial charge >= 0.3 is 5.97 Å². The smallest absolute Gasteiger partial charge is 0.315 e. The SMILES string of the molecule is CCCCOC(=O)CSCCN. The molecule has 0 aromatic carbocycles. The quantitative estimate of drug-likeness (QED) is 0.482. The number of esters is 1. The van der Waals surface area contributed by atoms with Crippen molar-refractivity contribution in [3.63, 3.8) is 0 Å². The summed E-state index contributed by atoms with van der Waals surface area (Å²) >= 11 is 1.52. The van der Waals surface area contributed by atoms with E-state index in [2.05, 4.69) is 6.92 Å². The second-order valence-electron chi connectivity index (χ2n) is 2.42. The molecule has 0 unspecified atom stereocenters. The maximum Gasteiger partial charge on any atom is 0.315 e. The molecule has 0 aliphatic heterocycles. The fourth-order valence-corrected chi connectivity index (χ4v) is 1.17. The van der Waals surface area contributed by atoms with Gasteiger partial charge in [-0.15, -0.1) is 11.8 Å². The Morgan fingerprint density at radius 2 is 2.33 bits per heavy atom. The van der Waals surface area contributed by atoms with Crippen LogP contribution in [0, 0.1) is 0 Å². The highest BCUT2D eigenvalue weighted by Crippen LogP contribution is 1.99. The van der Waals surface area contributed by atoms with Crippen LogP contribution < -0.4 is 5.73 Å². The highest BCUT2D eigenvalue weighted by atomic mass is 32.2. The van der Waals surface area contributed by atoms with E-state index in [9.17, 15) is 4.79 Å². The molecule has 4 heteroatoms. The molecule has 0 saturated carbocycles. The van der Waals surface area contributed by atoms with Crippen molar-refractivity contribution >= 4 is 17.7 Å². The molecule has 0 amide bonds. The minimum absolute atomic E-state index is 0.123. The molecule has 0 spiro atoms. The summed E-state index contributed by atoms with van der Waals surface area (Å²) < 4.78 is 4.93. The molecule has 0 bridgehead atoms. The van der Waals surface area contributed by atoms with Crippen LogP contribution in [-0.2, 0) is 9.53 Å². The van der Waals surface area contributed by atoms with Gasteiger partial charge in [0.2, 0.25) is 0 Å². The Morgan fingerprint density at radius 3 is 2.92 bits per heavy atom. The monoisotopic (exact) mass is 191 g/mol. The second-order valence-corrected chi connectivity index (χ2v) is 3.52. The van der Waals surface area contributed by atoms with Crippen molar-refractivity contribution in [1.82, 2.24) is 0 Å². The van der Waals surface area contributed by atoms with Crippen molar-refractivity contribution in [2.45, 2.75) is 19.8 Å². The largest absolute Gasteiger partial charge is 0.465 e. The highest BCUT2D eigenvalue weighted by molar-refractivity contribution is 7.99. The van der Waals surface area contributed by atoms with Crippen LogP contribution in [0.4, 0.5) is 0 Å². The fourth-order valence-electron chi connectivity index (χ4n) is 0.611. The number of ether oxygens (including phenoxy) is 1. The third-order valence-corrected chi connectivity index (χ3v) is 2.21. The van der Waals surface area contributed by atoms with Crippen LogP contribution in [-0.4, -0.2) is 30.6 Å². The Bertz CT molecular complexity index is 108. The average Bonchev–Trinajstić information content (AvgIpc) is 2.06. The summed E-state index contributed by atoms with van der Waals surface area (Å²) in [4.78, 5) is 10.9. The third kappa shape index (κ3) is 7.88. The highest BCUT2D eigenvalue weighted by Gasteiger charge is 2.00. The van der Waals surface area contributed by atoms with E-state index in [-0.39, 0.29) is 5.97 Å². The van der Waals surface area contributed by atoms with Gasteiger partial charge < -0.3 is 10.5 Å². The summed E-state index contributed by atoms with van der Waals surface area (Å²) in [6, 6.07) is 0. The molecule has 0 aliphatic carbocycles. The van der Waals surface area contributed by atoms with Gasteiger partial charge in [0.05, 0.1) is 12.4 Å². The summed E-state index contributed by atoms with van der Waals surface area (Å²) in [6.07, 6.45) is 2.01. The maximum absolute atomic E-state index is 10.9. The van der Waals surface area contributed by atoms with Crippen LogP contribution >= 0.6 is 11.8 Å². The van der Waals surface area contributed by atoms with Crippen LogP contribution in [0.1, 0.15) is 19.8 Å². The molecule has 3 nitrogen and oxygen atoms in total. The van der Waals surface area contributed by atoms with Crippen molar-refractivity contribution in [3.05, 3.63) is 0 Å². The summed E-state index contributed by atoms with van der Waals surface area (Å²) in [5.41, 5.74) is 5.26. The molecule has 0 heterocycles. The van der Waals surface area contributed by atoms with E-state index in [1.54, 1.807) is 0 Å². The molecule has 2 N–H and O–H groups in total. The lowest BCUT2D eigenvalue weighted by molar-refractivity contribution is -0.140.